The molecule has 15 heavy (non-hydrogen) atoms. The van der Waals surface area contributed by atoms with E-state index in [-0.39, 0.29) is 0 Å². The fourth-order valence-corrected chi connectivity index (χ4v) is 1.87. The summed E-state index contributed by atoms with van der Waals surface area (Å²) in [5, 5.41) is 3.25. The van der Waals surface area contributed by atoms with E-state index in [1.807, 2.05) is 4.90 Å². The van der Waals surface area contributed by atoms with Crippen molar-refractivity contribution >= 4 is 5.91 Å². The average Bonchev–Trinajstić information content (AvgIpc) is 2.31. The van der Waals surface area contributed by atoms with Gasteiger partial charge in [0.15, 0.2) is 0 Å². The normalized spacial score (nSPS) is 17.1. The SMILES string of the molecule is CCN(CC)CCC(=O)N1CCNCC1. The quantitative estimate of drug-likeness (QED) is 0.706. The molecule has 1 heterocycles. The third kappa shape index (κ3) is 4.18. The van der Waals surface area contributed by atoms with E-state index >= 15 is 0 Å². The van der Waals surface area contributed by atoms with E-state index in [9.17, 15) is 4.79 Å². The topological polar surface area (TPSA) is 35.6 Å². The molecular weight excluding hydrogens is 190 g/mol. The van der Waals surface area contributed by atoms with Crippen molar-refractivity contribution in [2.24, 2.45) is 0 Å². The van der Waals surface area contributed by atoms with Crippen LogP contribution in [-0.4, -0.2) is 61.5 Å². The molecule has 4 heteroatoms. The Kier molecular flexibility index (Phi) is 5.65. The lowest BCUT2D eigenvalue weighted by atomic mass is 10.3. The van der Waals surface area contributed by atoms with Gasteiger partial charge >= 0.3 is 0 Å². The van der Waals surface area contributed by atoms with Crippen molar-refractivity contribution < 1.29 is 4.79 Å². The first kappa shape index (κ1) is 12.5. The maximum atomic E-state index is 11.8. The van der Waals surface area contributed by atoms with Gasteiger partial charge in [-0.25, -0.2) is 0 Å². The van der Waals surface area contributed by atoms with E-state index in [1.54, 1.807) is 0 Å². The summed E-state index contributed by atoms with van der Waals surface area (Å²) in [5.41, 5.74) is 0. The van der Waals surface area contributed by atoms with Crippen LogP contribution >= 0.6 is 0 Å². The van der Waals surface area contributed by atoms with Gasteiger partial charge in [-0.2, -0.15) is 0 Å². The summed E-state index contributed by atoms with van der Waals surface area (Å²) in [4.78, 5) is 16.1. The highest BCUT2D eigenvalue weighted by molar-refractivity contribution is 5.76. The summed E-state index contributed by atoms with van der Waals surface area (Å²) in [6, 6.07) is 0. The molecule has 0 aromatic rings. The molecule has 4 nitrogen and oxygen atoms in total. The van der Waals surface area contributed by atoms with Crippen LogP contribution in [0.25, 0.3) is 0 Å². The van der Waals surface area contributed by atoms with E-state index in [1.165, 1.54) is 0 Å². The first-order chi connectivity index (χ1) is 7.27. The van der Waals surface area contributed by atoms with Gasteiger partial charge in [-0.05, 0) is 13.1 Å². The molecule has 1 saturated heterocycles. The zero-order valence-corrected chi connectivity index (χ0v) is 9.96. The molecule has 1 aliphatic heterocycles. The van der Waals surface area contributed by atoms with Crippen LogP contribution in [-0.2, 0) is 4.79 Å². The first-order valence-electron chi connectivity index (χ1n) is 5.98. The molecule has 1 N–H and O–H groups in total. The predicted octanol–water partition coefficient (Wildman–Crippen LogP) is 0.150. The fraction of sp³-hybridized carbons (Fsp3) is 0.909. The Labute approximate surface area is 92.6 Å². The van der Waals surface area contributed by atoms with Gasteiger partial charge in [-0.1, -0.05) is 13.8 Å². The van der Waals surface area contributed by atoms with E-state index in [0.717, 1.165) is 45.8 Å². The van der Waals surface area contributed by atoms with Gasteiger partial charge in [0.25, 0.3) is 0 Å². The van der Waals surface area contributed by atoms with Crippen molar-refractivity contribution in [2.45, 2.75) is 20.3 Å². The van der Waals surface area contributed by atoms with Crippen molar-refractivity contribution in [3.8, 4) is 0 Å². The van der Waals surface area contributed by atoms with E-state index in [0.29, 0.717) is 12.3 Å². The summed E-state index contributed by atoms with van der Waals surface area (Å²) in [6.07, 6.45) is 0.668. The summed E-state index contributed by atoms with van der Waals surface area (Å²) >= 11 is 0. The van der Waals surface area contributed by atoms with Crippen LogP contribution in [0.15, 0.2) is 0 Å². The van der Waals surface area contributed by atoms with Crippen LogP contribution in [0.1, 0.15) is 20.3 Å². The van der Waals surface area contributed by atoms with Gasteiger partial charge in [-0.3, -0.25) is 4.79 Å². The second-order valence-corrected chi connectivity index (χ2v) is 3.91. The molecule has 0 aliphatic carbocycles. The maximum Gasteiger partial charge on any atom is 0.223 e. The minimum atomic E-state index is 0.309. The number of piperazine rings is 1. The Hall–Kier alpha value is -0.610. The second kappa shape index (κ2) is 6.80. The zero-order valence-electron chi connectivity index (χ0n) is 9.96. The molecule has 1 aliphatic rings. The van der Waals surface area contributed by atoms with Crippen molar-refractivity contribution in [3.05, 3.63) is 0 Å². The number of nitrogens with zero attached hydrogens (tertiary/aromatic N) is 2. The molecule has 0 saturated carbocycles. The smallest absolute Gasteiger partial charge is 0.223 e. The minimum Gasteiger partial charge on any atom is -0.340 e. The van der Waals surface area contributed by atoms with Crippen molar-refractivity contribution in [1.82, 2.24) is 15.1 Å². The largest absolute Gasteiger partial charge is 0.340 e. The fourth-order valence-electron chi connectivity index (χ4n) is 1.87. The molecule has 0 aromatic carbocycles. The maximum absolute atomic E-state index is 11.8. The molecule has 88 valence electrons. The van der Waals surface area contributed by atoms with Gasteiger partial charge in [0, 0.05) is 39.1 Å². The first-order valence-corrected chi connectivity index (χ1v) is 5.98. The van der Waals surface area contributed by atoms with Gasteiger partial charge < -0.3 is 15.1 Å². The van der Waals surface area contributed by atoms with Gasteiger partial charge in [0.1, 0.15) is 0 Å². The summed E-state index contributed by atoms with van der Waals surface area (Å²) in [5.74, 6) is 0.309. The third-order valence-corrected chi connectivity index (χ3v) is 3.01. The Morgan fingerprint density at radius 3 is 2.40 bits per heavy atom. The van der Waals surface area contributed by atoms with Crippen molar-refractivity contribution in [1.29, 1.82) is 0 Å². The number of carbonyl (C=O) groups is 1. The number of hydrogen-bond acceptors (Lipinski definition) is 3. The van der Waals surface area contributed by atoms with Gasteiger partial charge in [-0.15, -0.1) is 0 Å². The van der Waals surface area contributed by atoms with Crippen molar-refractivity contribution in [2.75, 3.05) is 45.8 Å². The highest BCUT2D eigenvalue weighted by atomic mass is 16.2. The predicted molar refractivity (Wildman–Crippen MR) is 61.9 cm³/mol. The molecule has 0 aromatic heterocycles. The molecule has 0 atom stereocenters. The lowest BCUT2D eigenvalue weighted by Crippen LogP contribution is -2.47. The van der Waals surface area contributed by atoms with E-state index < -0.39 is 0 Å². The third-order valence-electron chi connectivity index (χ3n) is 3.01. The molecule has 0 unspecified atom stereocenters. The standard InChI is InChI=1S/C11H23N3O/c1-3-13(4-2)8-5-11(15)14-9-6-12-7-10-14/h12H,3-10H2,1-2H3. The Morgan fingerprint density at radius 2 is 1.87 bits per heavy atom. The Morgan fingerprint density at radius 1 is 1.27 bits per heavy atom. The summed E-state index contributed by atoms with van der Waals surface area (Å²) in [6.45, 7) is 10.9. The molecular formula is C11H23N3O. The molecule has 0 radical (unpaired) electrons. The van der Waals surface area contributed by atoms with Crippen LogP contribution in [0.3, 0.4) is 0 Å². The number of rotatable bonds is 5. The minimum absolute atomic E-state index is 0.309. The molecule has 1 amide bonds. The number of nitrogens with one attached hydrogen (secondary N) is 1. The summed E-state index contributed by atoms with van der Waals surface area (Å²) < 4.78 is 0. The highest BCUT2D eigenvalue weighted by Crippen LogP contribution is 1.99. The summed E-state index contributed by atoms with van der Waals surface area (Å²) in [7, 11) is 0. The Balaban J connectivity index is 2.22. The lowest BCUT2D eigenvalue weighted by Gasteiger charge is -2.28. The zero-order chi connectivity index (χ0) is 11.1. The Bertz CT molecular complexity index is 186. The molecule has 1 fully saturated rings. The number of carbonyl (C=O) groups excluding carboxylic acids is 1. The van der Waals surface area contributed by atoms with E-state index in [2.05, 4.69) is 24.1 Å². The van der Waals surface area contributed by atoms with Crippen LogP contribution < -0.4 is 5.32 Å². The highest BCUT2D eigenvalue weighted by Gasteiger charge is 2.16. The molecule has 1 rings (SSSR count). The lowest BCUT2D eigenvalue weighted by molar-refractivity contribution is -0.132. The van der Waals surface area contributed by atoms with Crippen LogP contribution in [0, 0.1) is 0 Å². The average molecular weight is 213 g/mol. The van der Waals surface area contributed by atoms with Gasteiger partial charge in [0.05, 0.1) is 0 Å². The monoisotopic (exact) mass is 213 g/mol. The van der Waals surface area contributed by atoms with Crippen molar-refractivity contribution in [3.63, 3.8) is 0 Å². The second-order valence-electron chi connectivity index (χ2n) is 3.91. The number of hydrogen-bond donors (Lipinski definition) is 1. The van der Waals surface area contributed by atoms with Gasteiger partial charge in [0.2, 0.25) is 5.91 Å². The molecule has 0 spiro atoms. The molecule has 0 bridgehead atoms. The number of amides is 1. The van der Waals surface area contributed by atoms with Crippen LogP contribution in [0.4, 0.5) is 0 Å². The van der Waals surface area contributed by atoms with Crippen LogP contribution in [0.2, 0.25) is 0 Å². The van der Waals surface area contributed by atoms with E-state index in [4.69, 9.17) is 0 Å². The van der Waals surface area contributed by atoms with Crippen LogP contribution in [0.5, 0.6) is 0 Å².